The second kappa shape index (κ2) is 6.14. The molecule has 130 valence electrons. The lowest BCUT2D eigenvalue weighted by Crippen LogP contribution is -2.49. The summed E-state index contributed by atoms with van der Waals surface area (Å²) < 4.78 is -1.26. The summed E-state index contributed by atoms with van der Waals surface area (Å²) in [5.41, 5.74) is 3.00. The number of carbonyl (C=O) groups excluding carboxylic acids is 2. The van der Waals surface area contributed by atoms with Gasteiger partial charge in [-0.3, -0.25) is 14.6 Å². The minimum Gasteiger partial charge on any atom is -0.324 e. The third kappa shape index (κ3) is 2.72. The van der Waals surface area contributed by atoms with Gasteiger partial charge in [-0.1, -0.05) is 42.1 Å². The Bertz CT molecular complexity index is 1050. The van der Waals surface area contributed by atoms with Crippen molar-refractivity contribution in [3.05, 3.63) is 60.3 Å². The van der Waals surface area contributed by atoms with Gasteiger partial charge in [0, 0.05) is 16.0 Å². The number of rotatable bonds is 2. The summed E-state index contributed by atoms with van der Waals surface area (Å²) in [7, 11) is 0. The monoisotopic (exact) mass is 363 g/mol. The summed E-state index contributed by atoms with van der Waals surface area (Å²) in [6.45, 7) is 3.52. The summed E-state index contributed by atoms with van der Waals surface area (Å²) >= 11 is 1.26. The second-order valence-corrected chi connectivity index (χ2v) is 7.83. The number of aryl methyl sites for hydroxylation is 1. The SMILES string of the molecule is Cc1cc(NC(=O)C2(C)Sc3ccccc3NC2=O)c2ccccc2n1. The fourth-order valence-electron chi connectivity index (χ4n) is 2.97. The maximum Gasteiger partial charge on any atom is 0.250 e. The average molecular weight is 363 g/mol. The summed E-state index contributed by atoms with van der Waals surface area (Å²) in [5.74, 6) is -0.681. The maximum atomic E-state index is 13.1. The molecule has 1 unspecified atom stereocenters. The Morgan fingerprint density at radius 3 is 2.73 bits per heavy atom. The lowest BCUT2D eigenvalue weighted by molar-refractivity contribution is -0.126. The van der Waals surface area contributed by atoms with Gasteiger partial charge < -0.3 is 10.6 Å². The van der Waals surface area contributed by atoms with Crippen molar-refractivity contribution in [1.29, 1.82) is 0 Å². The number of carbonyl (C=O) groups is 2. The molecule has 1 aromatic heterocycles. The molecule has 2 heterocycles. The van der Waals surface area contributed by atoms with Crippen LogP contribution < -0.4 is 10.6 Å². The van der Waals surface area contributed by atoms with Crippen molar-refractivity contribution in [2.24, 2.45) is 0 Å². The molecule has 0 aliphatic carbocycles. The van der Waals surface area contributed by atoms with Crippen LogP contribution in [0.1, 0.15) is 12.6 Å². The Balaban J connectivity index is 1.70. The van der Waals surface area contributed by atoms with Crippen LogP contribution in [0.5, 0.6) is 0 Å². The number of benzene rings is 2. The number of nitrogens with zero attached hydrogens (tertiary/aromatic N) is 1. The molecular weight excluding hydrogens is 346 g/mol. The maximum absolute atomic E-state index is 13.1. The highest BCUT2D eigenvalue weighted by Crippen LogP contribution is 2.43. The zero-order chi connectivity index (χ0) is 18.3. The number of para-hydroxylation sites is 2. The molecule has 5 nitrogen and oxygen atoms in total. The van der Waals surface area contributed by atoms with E-state index in [2.05, 4.69) is 15.6 Å². The van der Waals surface area contributed by atoms with Crippen LogP contribution >= 0.6 is 11.8 Å². The number of hydrogen-bond acceptors (Lipinski definition) is 4. The minimum absolute atomic E-state index is 0.325. The van der Waals surface area contributed by atoms with Crippen molar-refractivity contribution in [3.63, 3.8) is 0 Å². The number of aromatic nitrogens is 1. The highest BCUT2D eigenvalue weighted by Gasteiger charge is 2.45. The normalized spacial score (nSPS) is 18.9. The van der Waals surface area contributed by atoms with E-state index in [4.69, 9.17) is 0 Å². The lowest BCUT2D eigenvalue weighted by Gasteiger charge is -2.31. The molecule has 0 bridgehead atoms. The van der Waals surface area contributed by atoms with Gasteiger partial charge in [-0.05, 0) is 38.1 Å². The highest BCUT2D eigenvalue weighted by molar-refractivity contribution is 8.02. The van der Waals surface area contributed by atoms with E-state index < -0.39 is 4.75 Å². The minimum atomic E-state index is -1.26. The van der Waals surface area contributed by atoms with Crippen LogP contribution in [0.3, 0.4) is 0 Å². The van der Waals surface area contributed by atoms with Crippen molar-refractivity contribution in [1.82, 2.24) is 4.98 Å². The predicted octanol–water partition coefficient (Wildman–Crippen LogP) is 3.98. The molecule has 4 rings (SSSR count). The van der Waals surface area contributed by atoms with Crippen LogP contribution in [0, 0.1) is 6.92 Å². The van der Waals surface area contributed by atoms with Crippen LogP contribution in [0.2, 0.25) is 0 Å². The molecule has 26 heavy (non-hydrogen) atoms. The number of amides is 2. The number of pyridine rings is 1. The van der Waals surface area contributed by atoms with Crippen molar-refractivity contribution in [2.45, 2.75) is 23.5 Å². The lowest BCUT2D eigenvalue weighted by atomic mass is 10.1. The zero-order valence-corrected chi connectivity index (χ0v) is 15.2. The summed E-state index contributed by atoms with van der Waals surface area (Å²) in [5, 5.41) is 6.61. The number of hydrogen-bond donors (Lipinski definition) is 2. The second-order valence-electron chi connectivity index (χ2n) is 6.37. The standard InChI is InChI=1S/C20H17N3O2S/c1-12-11-16(13-7-3-4-8-14(13)21-12)23-19(25)20(2)18(24)22-15-9-5-6-10-17(15)26-20/h3-11H,1-2H3,(H,22,24)(H,21,23,25). The number of thioether (sulfide) groups is 1. The smallest absolute Gasteiger partial charge is 0.250 e. The molecule has 3 aromatic rings. The molecule has 6 heteroatoms. The molecule has 0 fully saturated rings. The fourth-order valence-corrected chi connectivity index (χ4v) is 4.07. The van der Waals surface area contributed by atoms with Crippen molar-refractivity contribution < 1.29 is 9.59 Å². The molecule has 2 amide bonds. The summed E-state index contributed by atoms with van der Waals surface area (Å²) in [4.78, 5) is 31.0. The van der Waals surface area contributed by atoms with E-state index in [-0.39, 0.29) is 11.8 Å². The van der Waals surface area contributed by atoms with Crippen molar-refractivity contribution in [3.8, 4) is 0 Å². The van der Waals surface area contributed by atoms with Gasteiger partial charge in [-0.2, -0.15) is 0 Å². The van der Waals surface area contributed by atoms with Crippen LogP contribution in [0.25, 0.3) is 10.9 Å². The van der Waals surface area contributed by atoms with Gasteiger partial charge in [0.2, 0.25) is 11.8 Å². The van der Waals surface area contributed by atoms with Gasteiger partial charge in [0.05, 0.1) is 16.9 Å². The quantitative estimate of drug-likeness (QED) is 0.676. The molecule has 0 radical (unpaired) electrons. The number of anilines is 2. The Labute approximate surface area is 155 Å². The molecule has 1 aliphatic rings. The Kier molecular flexibility index (Phi) is 3.92. The van der Waals surface area contributed by atoms with E-state index >= 15 is 0 Å². The Morgan fingerprint density at radius 2 is 1.88 bits per heavy atom. The molecule has 0 saturated heterocycles. The third-order valence-corrected chi connectivity index (χ3v) is 5.76. The first-order valence-corrected chi connectivity index (χ1v) is 9.06. The van der Waals surface area contributed by atoms with Gasteiger partial charge in [0.25, 0.3) is 0 Å². The van der Waals surface area contributed by atoms with Gasteiger partial charge in [0.15, 0.2) is 4.75 Å². The van der Waals surface area contributed by atoms with Gasteiger partial charge in [-0.25, -0.2) is 0 Å². The van der Waals surface area contributed by atoms with E-state index in [1.165, 1.54) is 11.8 Å². The number of nitrogens with one attached hydrogen (secondary N) is 2. The van der Waals surface area contributed by atoms with Gasteiger partial charge in [0.1, 0.15) is 0 Å². The first-order chi connectivity index (χ1) is 12.5. The van der Waals surface area contributed by atoms with Gasteiger partial charge >= 0.3 is 0 Å². The first kappa shape index (κ1) is 16.6. The van der Waals surface area contributed by atoms with E-state index in [9.17, 15) is 9.59 Å². The third-order valence-electron chi connectivity index (χ3n) is 4.41. The average Bonchev–Trinajstić information content (AvgIpc) is 2.62. The fraction of sp³-hybridized carbons (Fsp3) is 0.150. The molecule has 1 atom stereocenters. The summed E-state index contributed by atoms with van der Waals surface area (Å²) in [6.07, 6.45) is 0. The highest BCUT2D eigenvalue weighted by atomic mass is 32.2. The zero-order valence-electron chi connectivity index (χ0n) is 14.4. The molecule has 0 saturated carbocycles. The molecule has 0 spiro atoms. The molecular formula is C20H17N3O2S. The molecule has 2 aromatic carbocycles. The summed E-state index contributed by atoms with van der Waals surface area (Å²) in [6, 6.07) is 16.9. The van der Waals surface area contributed by atoms with Gasteiger partial charge in [-0.15, -0.1) is 0 Å². The number of fused-ring (bicyclic) bond motifs is 2. The topological polar surface area (TPSA) is 71.1 Å². The largest absolute Gasteiger partial charge is 0.324 e. The van der Waals surface area contributed by atoms with E-state index in [0.29, 0.717) is 5.69 Å². The predicted molar refractivity (Wildman–Crippen MR) is 104 cm³/mol. The van der Waals surface area contributed by atoms with E-state index in [0.717, 1.165) is 27.2 Å². The van der Waals surface area contributed by atoms with Crippen LogP contribution in [0.4, 0.5) is 11.4 Å². The molecule has 2 N–H and O–H groups in total. The van der Waals surface area contributed by atoms with E-state index in [1.54, 1.807) is 6.92 Å². The van der Waals surface area contributed by atoms with Crippen LogP contribution in [0.15, 0.2) is 59.5 Å². The van der Waals surface area contributed by atoms with Crippen LogP contribution in [-0.2, 0) is 9.59 Å². The Hall–Kier alpha value is -2.86. The van der Waals surface area contributed by atoms with Crippen molar-refractivity contribution in [2.75, 3.05) is 10.6 Å². The first-order valence-electron chi connectivity index (χ1n) is 8.25. The Morgan fingerprint density at radius 1 is 1.15 bits per heavy atom. The van der Waals surface area contributed by atoms with Crippen LogP contribution in [-0.4, -0.2) is 21.5 Å². The van der Waals surface area contributed by atoms with Crippen molar-refractivity contribution >= 4 is 45.9 Å². The van der Waals surface area contributed by atoms with E-state index in [1.807, 2.05) is 61.5 Å². The molecule has 1 aliphatic heterocycles.